The minimum atomic E-state index is -3.32. The van der Waals surface area contributed by atoms with Crippen LogP contribution in [0.4, 0.5) is 0 Å². The lowest BCUT2D eigenvalue weighted by molar-refractivity contribution is 0.0999. The number of sulfone groups is 1. The van der Waals surface area contributed by atoms with Crippen molar-refractivity contribution in [3.8, 4) is 0 Å². The predicted molar refractivity (Wildman–Crippen MR) is 50.5 cm³/mol. The number of pyridine rings is 1. The van der Waals surface area contributed by atoms with E-state index in [1.807, 2.05) is 0 Å². The van der Waals surface area contributed by atoms with Crippen LogP contribution >= 0.6 is 0 Å². The molecule has 0 radical (unpaired) electrons. The van der Waals surface area contributed by atoms with Gasteiger partial charge in [-0.2, -0.15) is 0 Å². The van der Waals surface area contributed by atoms with Crippen molar-refractivity contribution in [3.63, 3.8) is 0 Å². The molecule has 1 rings (SSSR count). The van der Waals surface area contributed by atoms with E-state index in [2.05, 4.69) is 4.98 Å². The van der Waals surface area contributed by atoms with E-state index in [4.69, 9.17) is 5.73 Å². The average Bonchev–Trinajstić information content (AvgIpc) is 2.18. The van der Waals surface area contributed by atoms with Crippen LogP contribution in [0.3, 0.4) is 0 Å². The van der Waals surface area contributed by atoms with Crippen molar-refractivity contribution in [2.24, 2.45) is 5.73 Å². The lowest BCUT2D eigenvalue weighted by Gasteiger charge is -2.01. The fourth-order valence-electron chi connectivity index (χ4n) is 0.890. The zero-order valence-corrected chi connectivity index (χ0v) is 8.41. The zero-order chi connectivity index (χ0) is 10.8. The van der Waals surface area contributed by atoms with Gasteiger partial charge in [-0.3, -0.25) is 9.78 Å². The van der Waals surface area contributed by atoms with Crippen LogP contribution in [0.5, 0.6) is 0 Å². The summed E-state index contributed by atoms with van der Waals surface area (Å²) < 4.78 is 22.8. The SMILES string of the molecule is CCS(=O)(=O)c1cncc(C(N)=O)c1. The summed E-state index contributed by atoms with van der Waals surface area (Å²) in [5.74, 6) is -0.720. The molecule has 0 aliphatic carbocycles. The maximum Gasteiger partial charge on any atom is 0.250 e. The van der Waals surface area contributed by atoms with Crippen LogP contribution in [0.15, 0.2) is 23.4 Å². The van der Waals surface area contributed by atoms with Gasteiger partial charge >= 0.3 is 0 Å². The molecule has 0 unspecified atom stereocenters. The van der Waals surface area contributed by atoms with E-state index in [1.54, 1.807) is 0 Å². The first-order chi connectivity index (χ1) is 6.47. The van der Waals surface area contributed by atoms with Gasteiger partial charge in [-0.05, 0) is 6.07 Å². The van der Waals surface area contributed by atoms with Gasteiger partial charge in [0.1, 0.15) is 0 Å². The lowest BCUT2D eigenvalue weighted by atomic mass is 10.3. The second kappa shape index (κ2) is 3.75. The third kappa shape index (κ3) is 2.08. The molecule has 6 heteroatoms. The summed E-state index contributed by atoms with van der Waals surface area (Å²) in [4.78, 5) is 14.4. The van der Waals surface area contributed by atoms with Crippen LogP contribution in [0.2, 0.25) is 0 Å². The van der Waals surface area contributed by atoms with Gasteiger partial charge in [0.05, 0.1) is 16.2 Å². The number of carbonyl (C=O) groups excluding carboxylic acids is 1. The van der Waals surface area contributed by atoms with Crippen LogP contribution < -0.4 is 5.73 Å². The molecule has 2 N–H and O–H groups in total. The van der Waals surface area contributed by atoms with Crippen molar-refractivity contribution in [2.75, 3.05) is 5.75 Å². The monoisotopic (exact) mass is 214 g/mol. The highest BCUT2D eigenvalue weighted by Gasteiger charge is 2.13. The summed E-state index contributed by atoms with van der Waals surface area (Å²) in [7, 11) is -3.32. The van der Waals surface area contributed by atoms with Crippen molar-refractivity contribution in [1.29, 1.82) is 0 Å². The summed E-state index contributed by atoms with van der Waals surface area (Å²) in [6.45, 7) is 1.52. The first kappa shape index (κ1) is 10.6. The lowest BCUT2D eigenvalue weighted by Crippen LogP contribution is -2.13. The number of primary amides is 1. The Balaban J connectivity index is 3.26. The highest BCUT2D eigenvalue weighted by atomic mass is 32.2. The molecule has 1 heterocycles. The Morgan fingerprint density at radius 2 is 2.14 bits per heavy atom. The van der Waals surface area contributed by atoms with Crippen molar-refractivity contribution in [3.05, 3.63) is 24.0 Å². The minimum absolute atomic E-state index is 0.0244. The number of carbonyl (C=O) groups is 1. The molecule has 0 aliphatic heterocycles. The van der Waals surface area contributed by atoms with Crippen molar-refractivity contribution in [1.82, 2.24) is 4.98 Å². The van der Waals surface area contributed by atoms with Gasteiger partial charge < -0.3 is 5.73 Å². The molecule has 0 saturated heterocycles. The number of nitrogens with two attached hydrogens (primary N) is 1. The maximum atomic E-state index is 11.4. The number of nitrogens with zero attached hydrogens (tertiary/aromatic N) is 1. The molecule has 14 heavy (non-hydrogen) atoms. The summed E-state index contributed by atoms with van der Waals surface area (Å²) in [5.41, 5.74) is 5.09. The first-order valence-corrected chi connectivity index (χ1v) is 5.60. The highest BCUT2D eigenvalue weighted by Crippen LogP contribution is 2.10. The molecule has 1 aromatic rings. The minimum Gasteiger partial charge on any atom is -0.366 e. The Morgan fingerprint density at radius 1 is 1.50 bits per heavy atom. The van der Waals surface area contributed by atoms with E-state index in [0.29, 0.717) is 0 Å². The third-order valence-electron chi connectivity index (χ3n) is 1.74. The maximum absolute atomic E-state index is 11.4. The fraction of sp³-hybridized carbons (Fsp3) is 0.250. The van der Waals surface area contributed by atoms with Gasteiger partial charge in [0.25, 0.3) is 0 Å². The number of aromatic nitrogens is 1. The molecule has 0 aliphatic rings. The van der Waals surface area contributed by atoms with Crippen LogP contribution in [-0.2, 0) is 9.84 Å². The summed E-state index contributed by atoms with van der Waals surface area (Å²) in [5, 5.41) is 0. The van der Waals surface area contributed by atoms with Crippen molar-refractivity contribution >= 4 is 15.7 Å². The normalized spacial score (nSPS) is 11.2. The van der Waals surface area contributed by atoms with Crippen molar-refractivity contribution < 1.29 is 13.2 Å². The van der Waals surface area contributed by atoms with E-state index < -0.39 is 15.7 Å². The van der Waals surface area contributed by atoms with Gasteiger partial charge in [-0.1, -0.05) is 6.92 Å². The molecular formula is C8H10N2O3S. The van der Waals surface area contributed by atoms with Gasteiger partial charge in [-0.15, -0.1) is 0 Å². The molecule has 1 amide bonds. The summed E-state index contributed by atoms with van der Waals surface area (Å²) in [6.07, 6.45) is 2.43. The molecule has 0 aromatic carbocycles. The smallest absolute Gasteiger partial charge is 0.250 e. The van der Waals surface area contributed by atoms with Crippen molar-refractivity contribution in [2.45, 2.75) is 11.8 Å². The van der Waals surface area contributed by atoms with Crippen LogP contribution in [-0.4, -0.2) is 25.1 Å². The van der Waals surface area contributed by atoms with E-state index >= 15 is 0 Å². The van der Waals surface area contributed by atoms with E-state index in [-0.39, 0.29) is 16.2 Å². The van der Waals surface area contributed by atoms with Crippen LogP contribution in [0.1, 0.15) is 17.3 Å². The van der Waals surface area contributed by atoms with Gasteiger partial charge in [0, 0.05) is 12.4 Å². The second-order valence-electron chi connectivity index (χ2n) is 2.68. The Bertz CT molecular complexity index is 453. The predicted octanol–water partition coefficient (Wildman–Crippen LogP) is -0.0259. The Kier molecular flexibility index (Phi) is 2.85. The Labute approximate surface area is 81.9 Å². The fourth-order valence-corrected chi connectivity index (χ4v) is 1.75. The van der Waals surface area contributed by atoms with Gasteiger partial charge in [0.2, 0.25) is 5.91 Å². The van der Waals surface area contributed by atoms with Crippen LogP contribution in [0, 0.1) is 0 Å². The van der Waals surface area contributed by atoms with E-state index in [0.717, 1.165) is 0 Å². The Morgan fingerprint density at radius 3 is 2.64 bits per heavy atom. The molecule has 0 atom stereocenters. The Hall–Kier alpha value is -1.43. The molecule has 1 aromatic heterocycles. The van der Waals surface area contributed by atoms with E-state index in [9.17, 15) is 13.2 Å². The summed E-state index contributed by atoms with van der Waals surface area (Å²) >= 11 is 0. The number of rotatable bonds is 3. The first-order valence-electron chi connectivity index (χ1n) is 3.95. The molecule has 0 saturated carbocycles. The zero-order valence-electron chi connectivity index (χ0n) is 7.60. The number of hydrogen-bond donors (Lipinski definition) is 1. The van der Waals surface area contributed by atoms with E-state index in [1.165, 1.54) is 25.4 Å². The second-order valence-corrected chi connectivity index (χ2v) is 4.96. The standard InChI is InChI=1S/C8H10N2O3S/c1-2-14(12,13)7-3-6(8(9)11)4-10-5-7/h3-5H,2H2,1H3,(H2,9,11). The van der Waals surface area contributed by atoms with Gasteiger partial charge in [0.15, 0.2) is 9.84 Å². The van der Waals surface area contributed by atoms with Crippen LogP contribution in [0.25, 0.3) is 0 Å². The third-order valence-corrected chi connectivity index (χ3v) is 3.44. The molecule has 5 nitrogen and oxygen atoms in total. The van der Waals surface area contributed by atoms with Gasteiger partial charge in [-0.25, -0.2) is 8.42 Å². The highest BCUT2D eigenvalue weighted by molar-refractivity contribution is 7.91. The molecule has 76 valence electrons. The summed E-state index contributed by atoms with van der Waals surface area (Å²) in [6, 6.07) is 1.23. The number of amides is 1. The molecule has 0 spiro atoms. The quantitative estimate of drug-likeness (QED) is 0.765. The molecule has 0 fully saturated rings. The largest absolute Gasteiger partial charge is 0.366 e. The molecular weight excluding hydrogens is 204 g/mol. The average molecular weight is 214 g/mol. The molecule has 0 bridgehead atoms. The topological polar surface area (TPSA) is 90.1 Å². The number of hydrogen-bond acceptors (Lipinski definition) is 4.